The van der Waals surface area contributed by atoms with Gasteiger partial charge in [0.2, 0.25) is 5.88 Å². The molecule has 0 amide bonds. The summed E-state index contributed by atoms with van der Waals surface area (Å²) in [7, 11) is 0. The van der Waals surface area contributed by atoms with E-state index in [2.05, 4.69) is 15.3 Å². The molecule has 5 heteroatoms. The maximum absolute atomic E-state index is 12.0. The number of benzene rings is 1. The molecule has 0 unspecified atom stereocenters. The van der Waals surface area contributed by atoms with Gasteiger partial charge in [0.1, 0.15) is 11.4 Å². The minimum atomic E-state index is -0.329. The predicted molar refractivity (Wildman–Crippen MR) is 74.1 cm³/mol. The van der Waals surface area contributed by atoms with E-state index in [0.717, 1.165) is 12.1 Å². The quantitative estimate of drug-likeness (QED) is 0.778. The zero-order valence-corrected chi connectivity index (χ0v) is 11.0. The standard InChI is InChI=1S/C14H17N3O2/c1-3-15-8-11-16-13(18)12(14(19)17-11)10-6-4-9(2)5-7-10/h4-7,15H,3,8H2,1-2H3,(H2,16,17,18,19). The molecule has 5 nitrogen and oxygen atoms in total. The number of aryl methyl sites for hydroxylation is 1. The van der Waals surface area contributed by atoms with Crippen molar-refractivity contribution in [1.29, 1.82) is 0 Å². The Morgan fingerprint density at radius 3 is 2.58 bits per heavy atom. The van der Waals surface area contributed by atoms with Crippen LogP contribution in [-0.2, 0) is 6.54 Å². The van der Waals surface area contributed by atoms with E-state index < -0.39 is 0 Å². The van der Waals surface area contributed by atoms with Crippen LogP contribution in [-0.4, -0.2) is 21.6 Å². The van der Waals surface area contributed by atoms with E-state index in [0.29, 0.717) is 17.9 Å². The first-order valence-electron chi connectivity index (χ1n) is 6.21. The van der Waals surface area contributed by atoms with Gasteiger partial charge in [-0.2, -0.15) is 4.98 Å². The van der Waals surface area contributed by atoms with Crippen molar-refractivity contribution in [1.82, 2.24) is 15.3 Å². The molecule has 0 aliphatic heterocycles. The molecule has 1 heterocycles. The molecular formula is C14H17N3O2. The molecule has 0 fully saturated rings. The Labute approximate surface area is 111 Å². The van der Waals surface area contributed by atoms with E-state index in [4.69, 9.17) is 0 Å². The van der Waals surface area contributed by atoms with Gasteiger partial charge in [-0.3, -0.25) is 4.79 Å². The van der Waals surface area contributed by atoms with Crippen molar-refractivity contribution in [2.45, 2.75) is 20.4 Å². The minimum absolute atomic E-state index is 0.209. The van der Waals surface area contributed by atoms with Crippen LogP contribution in [0.25, 0.3) is 11.1 Å². The van der Waals surface area contributed by atoms with Crippen LogP contribution in [0.2, 0.25) is 0 Å². The monoisotopic (exact) mass is 259 g/mol. The van der Waals surface area contributed by atoms with Gasteiger partial charge in [-0.25, -0.2) is 0 Å². The highest BCUT2D eigenvalue weighted by molar-refractivity contribution is 5.67. The third-order valence-electron chi connectivity index (χ3n) is 2.83. The Morgan fingerprint density at radius 2 is 2.00 bits per heavy atom. The Balaban J connectivity index is 2.42. The van der Waals surface area contributed by atoms with E-state index in [1.165, 1.54) is 0 Å². The Bertz CT molecular complexity index is 618. The maximum atomic E-state index is 12.0. The molecule has 1 aromatic heterocycles. The van der Waals surface area contributed by atoms with Crippen LogP contribution in [0.15, 0.2) is 29.1 Å². The van der Waals surface area contributed by atoms with E-state index >= 15 is 0 Å². The van der Waals surface area contributed by atoms with Crippen molar-refractivity contribution in [2.24, 2.45) is 0 Å². The lowest BCUT2D eigenvalue weighted by Gasteiger charge is -2.06. The third kappa shape index (κ3) is 3.00. The van der Waals surface area contributed by atoms with Crippen LogP contribution in [0.5, 0.6) is 5.88 Å². The van der Waals surface area contributed by atoms with Gasteiger partial charge >= 0.3 is 0 Å². The van der Waals surface area contributed by atoms with Gasteiger partial charge in [-0.15, -0.1) is 0 Å². The average Bonchev–Trinajstić information content (AvgIpc) is 2.38. The van der Waals surface area contributed by atoms with Crippen LogP contribution >= 0.6 is 0 Å². The van der Waals surface area contributed by atoms with Crippen molar-refractivity contribution in [3.63, 3.8) is 0 Å². The zero-order valence-electron chi connectivity index (χ0n) is 11.0. The molecule has 0 saturated carbocycles. The molecule has 3 N–H and O–H groups in total. The van der Waals surface area contributed by atoms with Crippen molar-refractivity contribution in [3.8, 4) is 17.0 Å². The summed E-state index contributed by atoms with van der Waals surface area (Å²) >= 11 is 0. The van der Waals surface area contributed by atoms with Crippen LogP contribution in [0.3, 0.4) is 0 Å². The number of hydrogen-bond acceptors (Lipinski definition) is 4. The van der Waals surface area contributed by atoms with Gasteiger partial charge in [0.05, 0.1) is 6.54 Å². The second-order valence-corrected chi connectivity index (χ2v) is 4.36. The highest BCUT2D eigenvalue weighted by Crippen LogP contribution is 2.23. The van der Waals surface area contributed by atoms with Crippen molar-refractivity contribution < 1.29 is 5.11 Å². The largest absolute Gasteiger partial charge is 0.493 e. The first kappa shape index (κ1) is 13.3. The summed E-state index contributed by atoms with van der Waals surface area (Å²) in [6, 6.07) is 7.37. The highest BCUT2D eigenvalue weighted by atomic mass is 16.3. The normalized spacial score (nSPS) is 10.6. The third-order valence-corrected chi connectivity index (χ3v) is 2.83. The molecule has 0 atom stereocenters. The van der Waals surface area contributed by atoms with Crippen molar-refractivity contribution >= 4 is 0 Å². The summed E-state index contributed by atoms with van der Waals surface area (Å²) in [5.74, 6) is 0.195. The van der Waals surface area contributed by atoms with Gasteiger partial charge in [-0.1, -0.05) is 36.8 Å². The number of aromatic amines is 1. The number of hydrogen-bond donors (Lipinski definition) is 3. The summed E-state index contributed by atoms with van der Waals surface area (Å²) in [5.41, 5.74) is 1.63. The van der Waals surface area contributed by atoms with Gasteiger partial charge < -0.3 is 15.4 Å². The second kappa shape index (κ2) is 5.67. The fourth-order valence-electron chi connectivity index (χ4n) is 1.81. The zero-order chi connectivity index (χ0) is 13.8. The second-order valence-electron chi connectivity index (χ2n) is 4.36. The molecule has 2 aromatic rings. The molecule has 2 rings (SSSR count). The molecule has 100 valence electrons. The first-order chi connectivity index (χ1) is 9.11. The van der Waals surface area contributed by atoms with E-state index in [1.807, 2.05) is 26.0 Å². The Morgan fingerprint density at radius 1 is 1.32 bits per heavy atom. The molecule has 0 radical (unpaired) electrons. The average molecular weight is 259 g/mol. The molecule has 0 bridgehead atoms. The molecule has 0 aliphatic rings. The van der Waals surface area contributed by atoms with Crippen LogP contribution in [0.1, 0.15) is 18.3 Å². The fraction of sp³-hybridized carbons (Fsp3) is 0.286. The first-order valence-corrected chi connectivity index (χ1v) is 6.21. The van der Waals surface area contributed by atoms with E-state index in [1.54, 1.807) is 12.1 Å². The lowest BCUT2D eigenvalue weighted by Crippen LogP contribution is -2.20. The van der Waals surface area contributed by atoms with E-state index in [-0.39, 0.29) is 17.0 Å². The molecule has 0 saturated heterocycles. The number of H-pyrrole nitrogens is 1. The van der Waals surface area contributed by atoms with E-state index in [9.17, 15) is 9.90 Å². The summed E-state index contributed by atoms with van der Waals surface area (Å²) in [6.45, 7) is 5.11. The van der Waals surface area contributed by atoms with Crippen LogP contribution in [0, 0.1) is 6.92 Å². The number of aromatic nitrogens is 2. The van der Waals surface area contributed by atoms with Crippen LogP contribution < -0.4 is 10.9 Å². The molecular weight excluding hydrogens is 242 g/mol. The van der Waals surface area contributed by atoms with Gasteiger partial charge in [0.25, 0.3) is 5.56 Å². The summed E-state index contributed by atoms with van der Waals surface area (Å²) < 4.78 is 0. The Kier molecular flexibility index (Phi) is 3.97. The molecule has 0 spiro atoms. The number of aromatic hydroxyl groups is 1. The van der Waals surface area contributed by atoms with Gasteiger partial charge in [0, 0.05) is 0 Å². The van der Waals surface area contributed by atoms with Crippen molar-refractivity contribution in [2.75, 3.05) is 6.54 Å². The molecule has 0 aliphatic carbocycles. The lowest BCUT2D eigenvalue weighted by molar-refractivity contribution is 0.448. The summed E-state index contributed by atoms with van der Waals surface area (Å²) in [5, 5.41) is 13.0. The summed E-state index contributed by atoms with van der Waals surface area (Å²) in [6.07, 6.45) is 0. The Hall–Kier alpha value is -2.14. The van der Waals surface area contributed by atoms with Gasteiger partial charge in [0.15, 0.2) is 0 Å². The highest BCUT2D eigenvalue weighted by Gasteiger charge is 2.12. The van der Waals surface area contributed by atoms with Gasteiger partial charge in [-0.05, 0) is 19.0 Å². The number of rotatable bonds is 4. The maximum Gasteiger partial charge on any atom is 0.262 e. The number of nitrogens with zero attached hydrogens (tertiary/aromatic N) is 1. The molecule has 1 aromatic carbocycles. The minimum Gasteiger partial charge on any atom is -0.493 e. The molecule has 19 heavy (non-hydrogen) atoms. The summed E-state index contributed by atoms with van der Waals surface area (Å²) in [4.78, 5) is 18.7. The van der Waals surface area contributed by atoms with Crippen LogP contribution in [0.4, 0.5) is 0 Å². The lowest BCUT2D eigenvalue weighted by atomic mass is 10.1. The topological polar surface area (TPSA) is 78.0 Å². The predicted octanol–water partition coefficient (Wildman–Crippen LogP) is 1.56. The van der Waals surface area contributed by atoms with Crippen molar-refractivity contribution in [3.05, 3.63) is 46.0 Å². The smallest absolute Gasteiger partial charge is 0.262 e. The SMILES string of the molecule is CCNCc1nc(O)c(-c2ccc(C)cc2)c(=O)[nH]1. The number of nitrogens with one attached hydrogen (secondary N) is 2. The fourth-order valence-corrected chi connectivity index (χ4v) is 1.81.